The topological polar surface area (TPSA) is 38.3 Å². The van der Waals surface area contributed by atoms with Crippen LogP contribution in [0, 0.1) is 5.92 Å². The monoisotopic (exact) mass is 185 g/mol. The van der Waals surface area contributed by atoms with E-state index in [4.69, 9.17) is 4.74 Å². The van der Waals surface area contributed by atoms with Gasteiger partial charge in [-0.15, -0.1) is 0 Å². The van der Waals surface area contributed by atoms with E-state index >= 15 is 0 Å². The third-order valence-electron chi connectivity index (χ3n) is 2.21. The van der Waals surface area contributed by atoms with E-state index in [1.165, 1.54) is 0 Å². The van der Waals surface area contributed by atoms with Gasteiger partial charge in [0, 0.05) is 18.9 Å². The molecule has 0 radical (unpaired) electrons. The average molecular weight is 185 g/mol. The van der Waals surface area contributed by atoms with Crippen molar-refractivity contribution >= 4 is 5.91 Å². The van der Waals surface area contributed by atoms with Crippen molar-refractivity contribution in [1.29, 1.82) is 0 Å². The second-order valence-corrected chi connectivity index (χ2v) is 4.70. The number of carbonyl (C=O) groups is 1. The van der Waals surface area contributed by atoms with Crippen molar-refractivity contribution in [3.05, 3.63) is 0 Å². The highest BCUT2D eigenvalue weighted by Crippen LogP contribution is 2.21. The van der Waals surface area contributed by atoms with Gasteiger partial charge in [-0.2, -0.15) is 0 Å². The highest BCUT2D eigenvalue weighted by molar-refractivity contribution is 5.78. The summed E-state index contributed by atoms with van der Waals surface area (Å²) < 4.78 is 5.78. The van der Waals surface area contributed by atoms with Gasteiger partial charge in [0.1, 0.15) is 0 Å². The van der Waals surface area contributed by atoms with Crippen LogP contribution in [0.2, 0.25) is 0 Å². The molecule has 3 nitrogen and oxygen atoms in total. The highest BCUT2D eigenvalue weighted by atomic mass is 16.5. The number of hydrogen-bond acceptors (Lipinski definition) is 2. The van der Waals surface area contributed by atoms with Crippen molar-refractivity contribution in [3.8, 4) is 0 Å². The van der Waals surface area contributed by atoms with Gasteiger partial charge in [-0.05, 0) is 27.7 Å². The molecule has 13 heavy (non-hydrogen) atoms. The molecule has 0 aliphatic carbocycles. The van der Waals surface area contributed by atoms with Crippen LogP contribution in [0.5, 0.6) is 0 Å². The number of carbonyl (C=O) groups excluding carboxylic acids is 1. The molecule has 1 rings (SSSR count). The normalized spacial score (nSPS) is 25.8. The highest BCUT2D eigenvalue weighted by Gasteiger charge is 2.29. The van der Waals surface area contributed by atoms with Crippen LogP contribution < -0.4 is 5.32 Å². The Labute approximate surface area is 79.8 Å². The zero-order valence-electron chi connectivity index (χ0n) is 8.89. The Balaban J connectivity index is 2.40. The van der Waals surface area contributed by atoms with Crippen LogP contribution in [0.25, 0.3) is 0 Å². The van der Waals surface area contributed by atoms with Crippen molar-refractivity contribution < 1.29 is 9.53 Å². The summed E-state index contributed by atoms with van der Waals surface area (Å²) >= 11 is 0. The Kier molecular flexibility index (Phi) is 2.96. The lowest BCUT2D eigenvalue weighted by Gasteiger charge is -2.28. The summed E-state index contributed by atoms with van der Waals surface area (Å²) in [4.78, 5) is 11.0. The largest absolute Gasteiger partial charge is 0.373 e. The van der Waals surface area contributed by atoms with Crippen LogP contribution in [0.15, 0.2) is 0 Å². The molecule has 0 aromatic heterocycles. The van der Waals surface area contributed by atoms with Gasteiger partial charge in [0.2, 0.25) is 5.91 Å². The molecule has 1 aliphatic rings. The van der Waals surface area contributed by atoms with E-state index in [-0.39, 0.29) is 17.6 Å². The first-order valence-corrected chi connectivity index (χ1v) is 4.83. The molecule has 0 unspecified atom stereocenters. The van der Waals surface area contributed by atoms with E-state index < -0.39 is 0 Å². The summed E-state index contributed by atoms with van der Waals surface area (Å²) in [6.07, 6.45) is 0.760. The molecule has 0 bridgehead atoms. The van der Waals surface area contributed by atoms with Crippen molar-refractivity contribution in [2.45, 2.75) is 45.8 Å². The summed E-state index contributed by atoms with van der Waals surface area (Å²) in [5.41, 5.74) is -0.120. The summed E-state index contributed by atoms with van der Waals surface area (Å²) in [5.74, 6) is 0.487. The van der Waals surface area contributed by atoms with Gasteiger partial charge in [0.05, 0.1) is 11.7 Å². The maximum atomic E-state index is 11.0. The van der Waals surface area contributed by atoms with Crippen molar-refractivity contribution in [1.82, 2.24) is 5.32 Å². The molecule has 0 saturated carbocycles. The molecule has 0 aromatic carbocycles. The molecule has 1 saturated heterocycles. The molecule has 1 amide bonds. The van der Waals surface area contributed by atoms with Crippen molar-refractivity contribution in [3.63, 3.8) is 0 Å². The van der Waals surface area contributed by atoms with Gasteiger partial charge in [0.15, 0.2) is 0 Å². The third kappa shape index (κ3) is 3.35. The predicted molar refractivity (Wildman–Crippen MR) is 51.4 cm³/mol. The van der Waals surface area contributed by atoms with Crippen LogP contribution >= 0.6 is 0 Å². The molecule has 0 spiro atoms. The fourth-order valence-corrected chi connectivity index (χ4v) is 1.61. The first kappa shape index (κ1) is 10.5. The summed E-state index contributed by atoms with van der Waals surface area (Å²) in [7, 11) is 0. The minimum atomic E-state index is -0.120. The number of ether oxygens (including phenoxy) is 1. The molecule has 1 N–H and O–H groups in total. The standard InChI is InChI=1S/C10H19NO2/c1-7(13-10(2,3)4)8-5-9(12)11-6-8/h7-8H,5-6H2,1-4H3,(H,11,12)/t7-,8+/m0/s1. The average Bonchev–Trinajstić information content (AvgIpc) is 2.31. The second-order valence-electron chi connectivity index (χ2n) is 4.70. The Hall–Kier alpha value is -0.570. The Morgan fingerprint density at radius 3 is 2.54 bits per heavy atom. The lowest BCUT2D eigenvalue weighted by atomic mass is 10.0. The van der Waals surface area contributed by atoms with E-state index in [2.05, 4.69) is 5.32 Å². The Morgan fingerprint density at radius 2 is 2.15 bits per heavy atom. The van der Waals surface area contributed by atoms with Gasteiger partial charge in [0.25, 0.3) is 0 Å². The van der Waals surface area contributed by atoms with Gasteiger partial charge in [-0.25, -0.2) is 0 Å². The first-order valence-electron chi connectivity index (χ1n) is 4.83. The van der Waals surface area contributed by atoms with Gasteiger partial charge in [-0.1, -0.05) is 0 Å². The molecule has 3 heteroatoms. The zero-order valence-corrected chi connectivity index (χ0v) is 8.89. The van der Waals surface area contributed by atoms with Crippen molar-refractivity contribution in [2.24, 2.45) is 5.92 Å². The van der Waals surface area contributed by atoms with Gasteiger partial charge < -0.3 is 10.1 Å². The lowest BCUT2D eigenvalue weighted by molar-refractivity contribution is -0.120. The van der Waals surface area contributed by atoms with E-state index in [1.807, 2.05) is 27.7 Å². The fraction of sp³-hybridized carbons (Fsp3) is 0.900. The number of rotatable bonds is 2. The number of nitrogens with one attached hydrogen (secondary N) is 1. The minimum absolute atomic E-state index is 0.120. The van der Waals surface area contributed by atoms with Crippen LogP contribution in [0.4, 0.5) is 0 Å². The molecular weight excluding hydrogens is 166 g/mol. The van der Waals surface area contributed by atoms with E-state index in [0.717, 1.165) is 6.54 Å². The summed E-state index contributed by atoms with van der Waals surface area (Å²) in [5, 5.41) is 2.82. The molecular formula is C10H19NO2. The zero-order chi connectivity index (χ0) is 10.1. The van der Waals surface area contributed by atoms with Gasteiger partial charge in [-0.3, -0.25) is 4.79 Å². The van der Waals surface area contributed by atoms with Crippen molar-refractivity contribution in [2.75, 3.05) is 6.54 Å². The van der Waals surface area contributed by atoms with Crippen LogP contribution in [0.3, 0.4) is 0 Å². The fourth-order valence-electron chi connectivity index (χ4n) is 1.61. The SMILES string of the molecule is C[C@H](OC(C)(C)C)[C@H]1CNC(=O)C1. The number of hydrogen-bond donors (Lipinski definition) is 1. The second kappa shape index (κ2) is 3.66. The van der Waals surface area contributed by atoms with Gasteiger partial charge >= 0.3 is 0 Å². The first-order chi connectivity index (χ1) is 5.88. The molecule has 1 heterocycles. The van der Waals surface area contributed by atoms with E-state index in [1.54, 1.807) is 0 Å². The smallest absolute Gasteiger partial charge is 0.220 e. The summed E-state index contributed by atoms with van der Waals surface area (Å²) in [6, 6.07) is 0. The third-order valence-corrected chi connectivity index (χ3v) is 2.21. The van der Waals surface area contributed by atoms with E-state index in [9.17, 15) is 4.79 Å². The molecule has 1 fully saturated rings. The Bertz CT molecular complexity index is 196. The maximum absolute atomic E-state index is 11.0. The molecule has 0 aromatic rings. The number of amides is 1. The predicted octanol–water partition coefficient (Wildman–Crippen LogP) is 1.33. The quantitative estimate of drug-likeness (QED) is 0.704. The molecule has 2 atom stereocenters. The lowest BCUT2D eigenvalue weighted by Crippen LogP contribution is -2.31. The Morgan fingerprint density at radius 1 is 1.54 bits per heavy atom. The maximum Gasteiger partial charge on any atom is 0.220 e. The van der Waals surface area contributed by atoms with Crippen LogP contribution in [0.1, 0.15) is 34.1 Å². The van der Waals surface area contributed by atoms with E-state index in [0.29, 0.717) is 12.3 Å². The van der Waals surface area contributed by atoms with Crippen LogP contribution in [-0.4, -0.2) is 24.2 Å². The van der Waals surface area contributed by atoms with Crippen LogP contribution in [-0.2, 0) is 9.53 Å². The molecule has 1 aliphatic heterocycles. The summed E-state index contributed by atoms with van der Waals surface area (Å²) in [6.45, 7) is 8.90. The minimum Gasteiger partial charge on any atom is -0.373 e. The molecule has 76 valence electrons.